The molecule has 3 aromatic heterocycles. The minimum atomic E-state index is -0.972. The second-order valence-electron chi connectivity index (χ2n) is 14.3. The van der Waals surface area contributed by atoms with Gasteiger partial charge in [-0.05, 0) is 16.7 Å². The zero-order valence-electron chi connectivity index (χ0n) is 36.4. The molecule has 0 atom stereocenters. The summed E-state index contributed by atoms with van der Waals surface area (Å²) in [6.07, 6.45) is 2.30. The largest absolute Gasteiger partial charge is 0.483 e. The van der Waals surface area contributed by atoms with Gasteiger partial charge in [-0.25, -0.2) is 0 Å². The van der Waals surface area contributed by atoms with E-state index >= 15 is 0 Å². The molecular formula is C48H47N5O14. The predicted octanol–water partition coefficient (Wildman–Crippen LogP) is 3.43. The molecular weight excluding hydrogens is 871 g/mol. The van der Waals surface area contributed by atoms with Gasteiger partial charge in [-0.3, -0.25) is 33.6 Å². The van der Waals surface area contributed by atoms with Crippen LogP contribution in [0.2, 0.25) is 0 Å². The fraction of sp³-hybridized carbons (Fsp3) is 0.229. The number of carbonyl (C=O) groups excluding carboxylic acids is 4. The lowest BCUT2D eigenvalue weighted by Crippen LogP contribution is -2.40. The molecule has 19 nitrogen and oxygen atoms in total. The van der Waals surface area contributed by atoms with Crippen molar-refractivity contribution in [2.24, 2.45) is 0 Å². The minimum absolute atomic E-state index is 0.00154. The number of hydrogen-bond acceptors (Lipinski definition) is 14. The Morgan fingerprint density at radius 3 is 1.33 bits per heavy atom. The van der Waals surface area contributed by atoms with E-state index < -0.39 is 57.5 Å². The number of aromatic nitrogens is 1. The van der Waals surface area contributed by atoms with Gasteiger partial charge >= 0.3 is 0 Å². The fourth-order valence-electron chi connectivity index (χ4n) is 6.35. The predicted molar refractivity (Wildman–Crippen MR) is 240 cm³/mol. The lowest BCUT2D eigenvalue weighted by Gasteiger charge is -2.22. The lowest BCUT2D eigenvalue weighted by atomic mass is 10.1. The van der Waals surface area contributed by atoms with Crippen molar-refractivity contribution in [1.82, 2.24) is 25.8 Å². The van der Waals surface area contributed by atoms with Gasteiger partial charge in [-0.2, -0.15) is 0 Å². The molecule has 4 amide bonds. The molecule has 0 spiro atoms. The van der Waals surface area contributed by atoms with E-state index in [9.17, 15) is 33.6 Å². The highest BCUT2D eigenvalue weighted by Crippen LogP contribution is 2.20. The summed E-state index contributed by atoms with van der Waals surface area (Å²) in [5.74, 6) is -5.10. The van der Waals surface area contributed by atoms with Crippen molar-refractivity contribution >= 4 is 23.6 Å². The summed E-state index contributed by atoms with van der Waals surface area (Å²) in [6.45, 7) is -1.10. The number of ether oxygens (including phenoxy) is 5. The molecule has 0 aliphatic rings. The number of rotatable bonds is 23. The SMILES string of the molecule is COC(Cn1cc(C(=O)NCCNC(=O)c2occc(=O)c2OCc2ccccc2)c(=O)c(OCc2ccccc2)c1C(=O)NCCNC(=O)c1occc(=O)c1OCc1ccccc1)OC. The summed E-state index contributed by atoms with van der Waals surface area (Å²) in [7, 11) is 2.72. The zero-order chi connectivity index (χ0) is 47.5. The molecule has 0 radical (unpaired) electrons. The van der Waals surface area contributed by atoms with Crippen LogP contribution in [0.25, 0.3) is 0 Å². The van der Waals surface area contributed by atoms with Gasteiger partial charge in [0.25, 0.3) is 23.6 Å². The first kappa shape index (κ1) is 48.2. The molecule has 0 bridgehead atoms. The first-order valence-electron chi connectivity index (χ1n) is 20.8. The van der Waals surface area contributed by atoms with Gasteiger partial charge in [0.2, 0.25) is 39.3 Å². The summed E-state index contributed by atoms with van der Waals surface area (Å²) < 4.78 is 40.1. The number of carbonyl (C=O) groups is 4. The van der Waals surface area contributed by atoms with Gasteiger partial charge in [-0.1, -0.05) is 91.0 Å². The van der Waals surface area contributed by atoms with E-state index in [0.29, 0.717) is 5.56 Å². The average molecular weight is 918 g/mol. The van der Waals surface area contributed by atoms with Gasteiger partial charge in [0, 0.05) is 58.7 Å². The van der Waals surface area contributed by atoms with Crippen LogP contribution in [0, 0.1) is 0 Å². The molecule has 3 heterocycles. The average Bonchev–Trinajstić information content (AvgIpc) is 3.35. The molecule has 348 valence electrons. The first-order chi connectivity index (χ1) is 32.6. The Balaban J connectivity index is 1.17. The van der Waals surface area contributed by atoms with Crippen molar-refractivity contribution in [2.45, 2.75) is 32.7 Å². The highest BCUT2D eigenvalue weighted by molar-refractivity contribution is 5.99. The third kappa shape index (κ3) is 13.1. The lowest BCUT2D eigenvalue weighted by molar-refractivity contribution is -0.111. The summed E-state index contributed by atoms with van der Waals surface area (Å²) in [4.78, 5) is 93.5. The second kappa shape index (κ2) is 24.1. The molecule has 6 rings (SSSR count). The maximum Gasteiger partial charge on any atom is 0.291 e. The van der Waals surface area contributed by atoms with Crippen LogP contribution in [0.15, 0.2) is 145 Å². The van der Waals surface area contributed by atoms with Crippen LogP contribution in [0.4, 0.5) is 0 Å². The fourth-order valence-corrected chi connectivity index (χ4v) is 6.35. The van der Waals surface area contributed by atoms with Crippen LogP contribution >= 0.6 is 0 Å². The quantitative estimate of drug-likeness (QED) is 0.0532. The summed E-state index contributed by atoms with van der Waals surface area (Å²) in [6, 6.07) is 29.0. The molecule has 19 heteroatoms. The van der Waals surface area contributed by atoms with Crippen molar-refractivity contribution in [1.29, 1.82) is 0 Å². The minimum Gasteiger partial charge on any atom is -0.483 e. The molecule has 4 N–H and O–H groups in total. The summed E-state index contributed by atoms with van der Waals surface area (Å²) in [5.41, 5.74) is -0.661. The van der Waals surface area contributed by atoms with Gasteiger partial charge in [0.05, 0.1) is 19.1 Å². The molecule has 3 aromatic carbocycles. The van der Waals surface area contributed by atoms with Crippen LogP contribution < -0.4 is 51.8 Å². The smallest absolute Gasteiger partial charge is 0.291 e. The van der Waals surface area contributed by atoms with Crippen molar-refractivity contribution in [3.63, 3.8) is 0 Å². The van der Waals surface area contributed by atoms with E-state index in [1.54, 1.807) is 78.9 Å². The highest BCUT2D eigenvalue weighted by atomic mass is 16.7. The summed E-state index contributed by atoms with van der Waals surface area (Å²) in [5, 5.41) is 10.4. The van der Waals surface area contributed by atoms with Gasteiger partial charge < -0.3 is 58.4 Å². The maximum atomic E-state index is 14.2. The van der Waals surface area contributed by atoms with Crippen LogP contribution in [-0.2, 0) is 35.8 Å². The van der Waals surface area contributed by atoms with Crippen molar-refractivity contribution in [3.8, 4) is 17.2 Å². The van der Waals surface area contributed by atoms with E-state index in [4.69, 9.17) is 32.5 Å². The van der Waals surface area contributed by atoms with Gasteiger partial charge in [0.15, 0.2) is 17.7 Å². The molecule has 0 saturated carbocycles. The Labute approximate surface area is 382 Å². The van der Waals surface area contributed by atoms with Crippen LogP contribution in [-0.4, -0.2) is 74.9 Å². The maximum absolute atomic E-state index is 14.2. The van der Waals surface area contributed by atoms with E-state index in [1.807, 2.05) is 12.1 Å². The molecule has 67 heavy (non-hydrogen) atoms. The molecule has 0 aliphatic carbocycles. The standard InChI is InChI=1S/C48H47N5O14/c1-61-37(62-2)27-53-26-34(45(57)49-20-22-51-47(59)43-40(35(54)18-24-63-43)65-28-31-12-6-3-7-13-31)39(56)42(67-30-33-16-10-5-11-17-33)38(53)46(58)50-21-23-52-48(60)44-41(36(55)19-25-64-44)66-29-32-14-8-4-9-15-32/h3-19,24-26,37H,20-23,27-30H2,1-2H3,(H,49,57)(H,50,58)(H,51,59)(H,52,60). The Kier molecular flexibility index (Phi) is 17.3. The Bertz CT molecular complexity index is 2810. The van der Waals surface area contributed by atoms with E-state index in [1.165, 1.54) is 18.8 Å². The Hall–Kier alpha value is -8.29. The third-order valence-electron chi connectivity index (χ3n) is 9.72. The number of pyridine rings is 1. The molecule has 0 saturated heterocycles. The molecule has 0 fully saturated rings. The van der Waals surface area contributed by atoms with Crippen molar-refractivity contribution in [3.05, 3.63) is 192 Å². The van der Waals surface area contributed by atoms with Gasteiger partial charge in [0.1, 0.15) is 25.4 Å². The van der Waals surface area contributed by atoms with Crippen molar-refractivity contribution in [2.75, 3.05) is 40.4 Å². The van der Waals surface area contributed by atoms with E-state index in [-0.39, 0.29) is 81.3 Å². The van der Waals surface area contributed by atoms with Crippen molar-refractivity contribution < 1.29 is 51.7 Å². The second-order valence-corrected chi connectivity index (χ2v) is 14.3. The number of methoxy groups -OCH3 is 2. The Morgan fingerprint density at radius 2 is 0.910 bits per heavy atom. The summed E-state index contributed by atoms with van der Waals surface area (Å²) >= 11 is 0. The monoisotopic (exact) mass is 917 g/mol. The normalized spacial score (nSPS) is 10.8. The Morgan fingerprint density at radius 1 is 0.522 bits per heavy atom. The van der Waals surface area contributed by atoms with E-state index in [2.05, 4.69) is 21.3 Å². The number of hydrogen-bond donors (Lipinski definition) is 4. The van der Waals surface area contributed by atoms with Crippen LogP contribution in [0.3, 0.4) is 0 Å². The number of nitrogens with zero attached hydrogens (tertiary/aromatic N) is 1. The zero-order valence-corrected chi connectivity index (χ0v) is 36.4. The number of amides is 4. The highest BCUT2D eigenvalue weighted by Gasteiger charge is 2.28. The third-order valence-corrected chi connectivity index (χ3v) is 9.72. The van der Waals surface area contributed by atoms with Crippen LogP contribution in [0.1, 0.15) is 58.6 Å². The van der Waals surface area contributed by atoms with E-state index in [0.717, 1.165) is 42.0 Å². The number of benzene rings is 3. The molecule has 0 unspecified atom stereocenters. The van der Waals surface area contributed by atoms with Crippen LogP contribution in [0.5, 0.6) is 17.2 Å². The first-order valence-corrected chi connectivity index (χ1v) is 20.8. The van der Waals surface area contributed by atoms with Gasteiger partial charge in [-0.15, -0.1) is 0 Å². The molecule has 6 aromatic rings. The number of nitrogens with one attached hydrogen (secondary N) is 4. The topological polar surface area (TPSA) is 245 Å². The molecule has 0 aliphatic heterocycles.